The van der Waals surface area contributed by atoms with Crippen LogP contribution in [0.15, 0.2) is 23.6 Å². The van der Waals surface area contributed by atoms with E-state index in [1.54, 1.807) is 0 Å². The van der Waals surface area contributed by atoms with Crippen LogP contribution in [0.1, 0.15) is 42.1 Å². The van der Waals surface area contributed by atoms with Crippen LogP contribution in [0, 0.1) is 6.92 Å². The molecular weight excluding hydrogens is 266 g/mol. The van der Waals surface area contributed by atoms with Crippen LogP contribution in [-0.4, -0.2) is 23.1 Å². The predicted octanol–water partition coefficient (Wildman–Crippen LogP) is 3.79. The van der Waals surface area contributed by atoms with Gasteiger partial charge in [0.1, 0.15) is 5.82 Å². The molecule has 0 aliphatic carbocycles. The monoisotopic (exact) mass is 287 g/mol. The number of aromatic nitrogens is 2. The number of piperidine rings is 1. The van der Waals surface area contributed by atoms with Gasteiger partial charge < -0.3 is 4.90 Å². The fourth-order valence-corrected chi connectivity index (χ4v) is 3.80. The Morgan fingerprint density at radius 3 is 3.00 bits per heavy atom. The summed E-state index contributed by atoms with van der Waals surface area (Å²) in [6, 6.07) is 6.27. The van der Waals surface area contributed by atoms with Crippen molar-refractivity contribution in [2.45, 2.75) is 39.0 Å². The first-order valence-electron chi connectivity index (χ1n) is 7.39. The Morgan fingerprint density at radius 2 is 2.25 bits per heavy atom. The van der Waals surface area contributed by atoms with E-state index in [0.717, 1.165) is 31.0 Å². The maximum atomic E-state index is 4.77. The van der Waals surface area contributed by atoms with Gasteiger partial charge in [-0.2, -0.15) is 0 Å². The highest BCUT2D eigenvalue weighted by molar-refractivity contribution is 7.09. The van der Waals surface area contributed by atoms with Crippen LogP contribution in [0.25, 0.3) is 0 Å². The topological polar surface area (TPSA) is 29.0 Å². The van der Waals surface area contributed by atoms with Gasteiger partial charge in [-0.3, -0.25) is 0 Å². The van der Waals surface area contributed by atoms with Gasteiger partial charge >= 0.3 is 0 Å². The van der Waals surface area contributed by atoms with Crippen LogP contribution in [-0.2, 0) is 6.42 Å². The summed E-state index contributed by atoms with van der Waals surface area (Å²) in [7, 11) is 0. The van der Waals surface area contributed by atoms with Crippen LogP contribution in [0.5, 0.6) is 0 Å². The molecule has 0 bridgehead atoms. The average Bonchev–Trinajstić information content (AvgIpc) is 2.96. The van der Waals surface area contributed by atoms with Crippen molar-refractivity contribution in [3.05, 3.63) is 40.0 Å². The van der Waals surface area contributed by atoms with Crippen molar-refractivity contribution in [2.75, 3.05) is 18.0 Å². The molecule has 3 rings (SSSR count). The molecule has 1 aliphatic rings. The molecule has 0 radical (unpaired) electrons. The molecule has 20 heavy (non-hydrogen) atoms. The Morgan fingerprint density at radius 1 is 1.35 bits per heavy atom. The van der Waals surface area contributed by atoms with Crippen molar-refractivity contribution in [2.24, 2.45) is 0 Å². The van der Waals surface area contributed by atoms with Crippen LogP contribution < -0.4 is 4.90 Å². The third-order valence-electron chi connectivity index (χ3n) is 3.90. The Balaban J connectivity index is 1.76. The summed E-state index contributed by atoms with van der Waals surface area (Å²) in [5.41, 5.74) is 2.32. The van der Waals surface area contributed by atoms with E-state index in [1.807, 2.05) is 11.3 Å². The third-order valence-corrected chi connectivity index (χ3v) is 4.96. The standard InChI is InChI=1S/C16H21N3S/c1-3-14-11-20-16(18-14)13-7-5-9-19(10-13)15-8-4-6-12(2)17-15/h4,6,8,11,13H,3,5,7,9-10H2,1-2H3. The first-order valence-corrected chi connectivity index (χ1v) is 8.27. The fraction of sp³-hybridized carbons (Fsp3) is 0.500. The number of hydrogen-bond acceptors (Lipinski definition) is 4. The van der Waals surface area contributed by atoms with Gasteiger partial charge in [-0.05, 0) is 38.3 Å². The maximum absolute atomic E-state index is 4.77. The normalized spacial score (nSPS) is 19.3. The molecule has 2 aromatic rings. The number of rotatable bonds is 3. The van der Waals surface area contributed by atoms with E-state index in [1.165, 1.54) is 23.5 Å². The Kier molecular flexibility index (Phi) is 4.01. The number of hydrogen-bond donors (Lipinski definition) is 0. The number of nitrogens with zero attached hydrogens (tertiary/aromatic N) is 3. The quantitative estimate of drug-likeness (QED) is 0.860. The molecule has 1 unspecified atom stereocenters. The lowest BCUT2D eigenvalue weighted by atomic mass is 9.98. The molecule has 1 saturated heterocycles. The van der Waals surface area contributed by atoms with Crippen molar-refractivity contribution in [1.29, 1.82) is 0 Å². The summed E-state index contributed by atoms with van der Waals surface area (Å²) in [4.78, 5) is 11.8. The molecule has 1 atom stereocenters. The lowest BCUT2D eigenvalue weighted by Gasteiger charge is -2.32. The lowest BCUT2D eigenvalue weighted by molar-refractivity contribution is 0.504. The van der Waals surface area contributed by atoms with E-state index in [0.29, 0.717) is 5.92 Å². The van der Waals surface area contributed by atoms with E-state index in [-0.39, 0.29) is 0 Å². The summed E-state index contributed by atoms with van der Waals surface area (Å²) >= 11 is 1.82. The molecular formula is C16H21N3S. The molecule has 0 amide bonds. The SMILES string of the molecule is CCc1csc(C2CCCN(c3cccc(C)n3)C2)n1. The highest BCUT2D eigenvalue weighted by Gasteiger charge is 2.24. The summed E-state index contributed by atoms with van der Waals surface area (Å²) in [6.45, 7) is 6.38. The van der Waals surface area contributed by atoms with Gasteiger partial charge in [-0.1, -0.05) is 13.0 Å². The minimum Gasteiger partial charge on any atom is -0.356 e. The minimum atomic E-state index is 0.566. The Bertz CT molecular complexity index is 579. The molecule has 0 aromatic carbocycles. The zero-order chi connectivity index (χ0) is 13.9. The minimum absolute atomic E-state index is 0.566. The van der Waals surface area contributed by atoms with E-state index in [4.69, 9.17) is 4.98 Å². The summed E-state index contributed by atoms with van der Waals surface area (Å²) in [6.07, 6.45) is 3.51. The fourth-order valence-electron chi connectivity index (χ4n) is 2.76. The van der Waals surface area contributed by atoms with Crippen molar-refractivity contribution in [3.63, 3.8) is 0 Å². The van der Waals surface area contributed by atoms with Crippen LogP contribution in [0.3, 0.4) is 0 Å². The lowest BCUT2D eigenvalue weighted by Crippen LogP contribution is -2.35. The second-order valence-electron chi connectivity index (χ2n) is 5.45. The van der Waals surface area contributed by atoms with Crippen molar-refractivity contribution in [1.82, 2.24) is 9.97 Å². The number of aryl methyl sites for hydroxylation is 2. The van der Waals surface area contributed by atoms with Crippen molar-refractivity contribution < 1.29 is 0 Å². The van der Waals surface area contributed by atoms with Crippen molar-refractivity contribution in [3.8, 4) is 0 Å². The molecule has 106 valence electrons. The van der Waals surface area contributed by atoms with Gasteiger partial charge in [0.15, 0.2) is 0 Å². The number of pyridine rings is 1. The maximum Gasteiger partial charge on any atom is 0.128 e. The first-order chi connectivity index (χ1) is 9.76. The van der Waals surface area contributed by atoms with Crippen LogP contribution in [0.2, 0.25) is 0 Å². The van der Waals surface area contributed by atoms with Crippen LogP contribution in [0.4, 0.5) is 5.82 Å². The van der Waals surface area contributed by atoms with Gasteiger partial charge in [0, 0.05) is 30.1 Å². The molecule has 0 saturated carbocycles. The summed E-state index contributed by atoms with van der Waals surface area (Å²) in [5, 5.41) is 3.51. The Hall–Kier alpha value is -1.42. The molecule has 1 fully saturated rings. The molecule has 0 N–H and O–H groups in total. The molecule has 4 heteroatoms. The van der Waals surface area contributed by atoms with Gasteiger partial charge in [0.05, 0.1) is 10.7 Å². The molecule has 3 nitrogen and oxygen atoms in total. The number of thiazole rings is 1. The summed E-state index contributed by atoms with van der Waals surface area (Å²) < 4.78 is 0. The third kappa shape index (κ3) is 2.85. The average molecular weight is 287 g/mol. The molecule has 1 aliphatic heterocycles. The second kappa shape index (κ2) is 5.92. The van der Waals surface area contributed by atoms with Crippen molar-refractivity contribution >= 4 is 17.2 Å². The summed E-state index contributed by atoms with van der Waals surface area (Å²) in [5.74, 6) is 1.68. The van der Waals surface area contributed by atoms with E-state index < -0.39 is 0 Å². The zero-order valence-corrected chi connectivity index (χ0v) is 13.0. The largest absolute Gasteiger partial charge is 0.356 e. The molecule has 0 spiro atoms. The zero-order valence-electron chi connectivity index (χ0n) is 12.2. The van der Waals surface area contributed by atoms with Gasteiger partial charge in [-0.15, -0.1) is 11.3 Å². The number of anilines is 1. The molecule has 2 aromatic heterocycles. The highest BCUT2D eigenvalue weighted by Crippen LogP contribution is 2.31. The van der Waals surface area contributed by atoms with E-state index >= 15 is 0 Å². The van der Waals surface area contributed by atoms with Gasteiger partial charge in [0.25, 0.3) is 0 Å². The Labute approximate surface area is 124 Å². The molecule has 3 heterocycles. The van der Waals surface area contributed by atoms with E-state index in [2.05, 4.69) is 47.3 Å². The first kappa shape index (κ1) is 13.6. The van der Waals surface area contributed by atoms with Gasteiger partial charge in [-0.25, -0.2) is 9.97 Å². The second-order valence-corrected chi connectivity index (χ2v) is 6.34. The van der Waals surface area contributed by atoms with E-state index in [9.17, 15) is 0 Å². The predicted molar refractivity (Wildman–Crippen MR) is 84.7 cm³/mol. The smallest absolute Gasteiger partial charge is 0.128 e. The van der Waals surface area contributed by atoms with Gasteiger partial charge in [0.2, 0.25) is 0 Å². The van der Waals surface area contributed by atoms with Crippen LogP contribution >= 0.6 is 11.3 Å². The highest BCUT2D eigenvalue weighted by atomic mass is 32.1.